The normalized spacial score (nSPS) is 27.1. The molecule has 0 saturated carbocycles. The van der Waals surface area contributed by atoms with Gasteiger partial charge in [-0.05, 0) is 25.1 Å². The minimum absolute atomic E-state index is 0.139. The number of amides is 1. The molecule has 2 heterocycles. The standard InChI is InChI=1S/C19H19NO5S/c1-19-11-14(13-9-6-10-15(24-2)16(13)25-19)17(18(21)20-19)26(22,23)12-7-4-3-5-8-12/h3-10,14,17H,11H2,1-2H3,(H,20,21)/t14-,17?,19-/m1/s1. The molecular formula is C19H19NO5S. The smallest absolute Gasteiger partial charge is 0.242 e. The second-order valence-electron chi connectivity index (χ2n) is 6.79. The second kappa shape index (κ2) is 5.74. The van der Waals surface area contributed by atoms with Gasteiger partial charge in [-0.2, -0.15) is 0 Å². The molecule has 0 spiro atoms. The summed E-state index contributed by atoms with van der Waals surface area (Å²) in [5.41, 5.74) is -0.285. The van der Waals surface area contributed by atoms with E-state index in [0.717, 1.165) is 0 Å². The molecule has 2 aliphatic rings. The minimum Gasteiger partial charge on any atom is -0.493 e. The topological polar surface area (TPSA) is 81.7 Å². The number of nitrogens with one attached hydrogen (secondary N) is 1. The Hall–Kier alpha value is -2.54. The molecule has 0 aliphatic carbocycles. The monoisotopic (exact) mass is 373 g/mol. The van der Waals surface area contributed by atoms with E-state index in [4.69, 9.17) is 9.47 Å². The summed E-state index contributed by atoms with van der Waals surface area (Å²) in [4.78, 5) is 12.9. The van der Waals surface area contributed by atoms with Gasteiger partial charge in [0.25, 0.3) is 0 Å². The van der Waals surface area contributed by atoms with Crippen LogP contribution in [-0.4, -0.2) is 32.4 Å². The number of carbonyl (C=O) groups is 1. The van der Waals surface area contributed by atoms with E-state index in [1.54, 1.807) is 43.3 Å². The fraction of sp³-hybridized carbons (Fsp3) is 0.316. The molecule has 4 rings (SSSR count). The van der Waals surface area contributed by atoms with Crippen LogP contribution in [-0.2, 0) is 14.6 Å². The van der Waals surface area contributed by atoms with Crippen molar-refractivity contribution < 1.29 is 22.7 Å². The van der Waals surface area contributed by atoms with Crippen molar-refractivity contribution in [2.24, 2.45) is 0 Å². The number of para-hydroxylation sites is 1. The number of hydrogen-bond donors (Lipinski definition) is 1. The predicted molar refractivity (Wildman–Crippen MR) is 94.9 cm³/mol. The van der Waals surface area contributed by atoms with Crippen molar-refractivity contribution in [3.05, 3.63) is 54.1 Å². The molecule has 0 radical (unpaired) electrons. The molecule has 1 saturated heterocycles. The van der Waals surface area contributed by atoms with Gasteiger partial charge in [-0.15, -0.1) is 0 Å². The Morgan fingerprint density at radius 2 is 1.88 bits per heavy atom. The van der Waals surface area contributed by atoms with Crippen LogP contribution in [0.2, 0.25) is 0 Å². The summed E-state index contributed by atoms with van der Waals surface area (Å²) in [5, 5.41) is 1.53. The first-order chi connectivity index (χ1) is 12.4. The fourth-order valence-corrected chi connectivity index (χ4v) is 5.71. The van der Waals surface area contributed by atoms with Crippen LogP contribution in [0.25, 0.3) is 0 Å². The van der Waals surface area contributed by atoms with Crippen LogP contribution in [0.15, 0.2) is 53.4 Å². The SMILES string of the molecule is COc1cccc2c1O[C@]1(C)C[C@H]2C(S(=O)(=O)c2ccccc2)C(=O)N1. The number of sulfone groups is 1. The molecule has 1 fully saturated rings. The van der Waals surface area contributed by atoms with Gasteiger partial charge in [0.1, 0.15) is 0 Å². The van der Waals surface area contributed by atoms with Crippen molar-refractivity contribution in [3.8, 4) is 11.5 Å². The fourth-order valence-electron chi connectivity index (χ4n) is 3.87. The van der Waals surface area contributed by atoms with E-state index < -0.39 is 32.6 Å². The molecule has 1 unspecified atom stereocenters. The zero-order valence-corrected chi connectivity index (χ0v) is 15.2. The Morgan fingerprint density at radius 1 is 1.15 bits per heavy atom. The molecule has 1 amide bonds. The average Bonchev–Trinajstić information content (AvgIpc) is 2.61. The lowest BCUT2D eigenvalue weighted by atomic mass is 9.81. The summed E-state index contributed by atoms with van der Waals surface area (Å²) in [6.45, 7) is 1.75. The minimum atomic E-state index is -3.86. The molecule has 7 heteroatoms. The van der Waals surface area contributed by atoms with E-state index in [9.17, 15) is 13.2 Å². The van der Waals surface area contributed by atoms with Gasteiger partial charge in [0.15, 0.2) is 32.3 Å². The maximum Gasteiger partial charge on any atom is 0.242 e. The molecular weight excluding hydrogens is 354 g/mol. The van der Waals surface area contributed by atoms with Gasteiger partial charge in [0.05, 0.1) is 12.0 Å². The Morgan fingerprint density at radius 3 is 2.58 bits per heavy atom. The first-order valence-electron chi connectivity index (χ1n) is 8.33. The molecule has 26 heavy (non-hydrogen) atoms. The van der Waals surface area contributed by atoms with Crippen LogP contribution in [0.3, 0.4) is 0 Å². The zero-order chi connectivity index (χ0) is 18.5. The van der Waals surface area contributed by atoms with Crippen LogP contribution in [0.1, 0.15) is 24.8 Å². The first-order valence-corrected chi connectivity index (χ1v) is 9.87. The van der Waals surface area contributed by atoms with Gasteiger partial charge in [-0.25, -0.2) is 8.42 Å². The summed E-state index contributed by atoms with van der Waals surface area (Å²) in [6.07, 6.45) is 0.371. The van der Waals surface area contributed by atoms with Crippen LogP contribution < -0.4 is 14.8 Å². The molecule has 2 aromatic rings. The molecule has 2 bridgehead atoms. The molecule has 0 aromatic heterocycles. The number of ether oxygens (including phenoxy) is 2. The average molecular weight is 373 g/mol. The molecule has 136 valence electrons. The van der Waals surface area contributed by atoms with Crippen LogP contribution in [0, 0.1) is 0 Å². The quantitative estimate of drug-likeness (QED) is 0.892. The van der Waals surface area contributed by atoms with Crippen molar-refractivity contribution in [3.63, 3.8) is 0 Å². The summed E-state index contributed by atoms with van der Waals surface area (Å²) >= 11 is 0. The Bertz CT molecular complexity index is 973. The van der Waals surface area contributed by atoms with Gasteiger partial charge < -0.3 is 14.8 Å². The summed E-state index contributed by atoms with van der Waals surface area (Å²) in [5.74, 6) is -0.0497. The molecule has 2 aromatic carbocycles. The van der Waals surface area contributed by atoms with E-state index in [1.807, 2.05) is 0 Å². The van der Waals surface area contributed by atoms with Crippen LogP contribution >= 0.6 is 0 Å². The molecule has 2 aliphatic heterocycles. The number of rotatable bonds is 3. The second-order valence-corrected chi connectivity index (χ2v) is 8.86. The van der Waals surface area contributed by atoms with Crippen LogP contribution in [0.5, 0.6) is 11.5 Å². The highest BCUT2D eigenvalue weighted by Gasteiger charge is 2.54. The predicted octanol–water partition coefficient (Wildman–Crippen LogP) is 2.25. The number of benzene rings is 2. The number of fused-ring (bicyclic) bond motifs is 4. The molecule has 1 N–H and O–H groups in total. The van der Waals surface area contributed by atoms with Gasteiger partial charge >= 0.3 is 0 Å². The number of piperidine rings is 1. The van der Waals surface area contributed by atoms with Crippen molar-refractivity contribution >= 4 is 15.7 Å². The molecule has 6 nitrogen and oxygen atoms in total. The van der Waals surface area contributed by atoms with Crippen molar-refractivity contribution in [1.82, 2.24) is 5.32 Å². The summed E-state index contributed by atoms with van der Waals surface area (Å²) in [6, 6.07) is 13.4. The summed E-state index contributed by atoms with van der Waals surface area (Å²) < 4.78 is 37.8. The lowest BCUT2D eigenvalue weighted by molar-refractivity contribution is -0.132. The van der Waals surface area contributed by atoms with Gasteiger partial charge in [-0.1, -0.05) is 30.3 Å². The number of carbonyl (C=O) groups excluding carboxylic acids is 1. The highest BCUT2D eigenvalue weighted by Crippen LogP contribution is 2.50. The highest BCUT2D eigenvalue weighted by atomic mass is 32.2. The first kappa shape index (κ1) is 16.9. The van der Waals surface area contributed by atoms with E-state index >= 15 is 0 Å². The van der Waals surface area contributed by atoms with Gasteiger partial charge in [-0.3, -0.25) is 4.79 Å². The number of methoxy groups -OCH3 is 1. The van der Waals surface area contributed by atoms with Crippen LogP contribution in [0.4, 0.5) is 0 Å². The maximum absolute atomic E-state index is 13.2. The van der Waals surface area contributed by atoms with Gasteiger partial charge in [0, 0.05) is 17.9 Å². The summed E-state index contributed by atoms with van der Waals surface area (Å²) in [7, 11) is -2.33. The van der Waals surface area contributed by atoms with Gasteiger partial charge in [0.2, 0.25) is 5.91 Å². The third kappa shape index (κ3) is 2.46. The largest absolute Gasteiger partial charge is 0.493 e. The van der Waals surface area contributed by atoms with E-state index in [0.29, 0.717) is 23.5 Å². The van der Waals surface area contributed by atoms with E-state index in [-0.39, 0.29) is 4.90 Å². The third-order valence-corrected chi connectivity index (χ3v) is 7.12. The molecule has 3 atom stereocenters. The Kier molecular flexibility index (Phi) is 3.73. The lowest BCUT2D eigenvalue weighted by Gasteiger charge is -2.47. The van der Waals surface area contributed by atoms with Crippen molar-refractivity contribution in [2.75, 3.05) is 7.11 Å². The van der Waals surface area contributed by atoms with Crippen molar-refractivity contribution in [2.45, 2.75) is 35.1 Å². The third-order valence-electron chi connectivity index (χ3n) is 4.98. The lowest BCUT2D eigenvalue weighted by Crippen LogP contribution is -2.63. The Balaban J connectivity index is 1.89. The number of hydrogen-bond acceptors (Lipinski definition) is 5. The highest BCUT2D eigenvalue weighted by molar-refractivity contribution is 7.92. The Labute approximate surface area is 152 Å². The van der Waals surface area contributed by atoms with Crippen molar-refractivity contribution in [1.29, 1.82) is 0 Å². The van der Waals surface area contributed by atoms with E-state index in [1.165, 1.54) is 19.2 Å². The zero-order valence-electron chi connectivity index (χ0n) is 14.4. The van der Waals surface area contributed by atoms with E-state index in [2.05, 4.69) is 5.32 Å². The maximum atomic E-state index is 13.2.